The van der Waals surface area contributed by atoms with Crippen molar-refractivity contribution < 1.29 is 9.59 Å². The highest BCUT2D eigenvalue weighted by molar-refractivity contribution is 5.87. The number of carbonyl (C=O) groups excluding carboxylic acids is 2. The number of carbonyl (C=O) groups is 2. The summed E-state index contributed by atoms with van der Waals surface area (Å²) in [5, 5.41) is 0. The third kappa shape index (κ3) is 4.83. The van der Waals surface area contributed by atoms with Crippen molar-refractivity contribution in [3.63, 3.8) is 0 Å². The predicted octanol–water partition coefficient (Wildman–Crippen LogP) is 1.64. The molecule has 2 N–H and O–H groups in total. The van der Waals surface area contributed by atoms with Crippen LogP contribution >= 0.6 is 0 Å². The third-order valence-electron chi connectivity index (χ3n) is 5.08. The van der Waals surface area contributed by atoms with E-state index < -0.39 is 6.03 Å². The molecule has 1 unspecified atom stereocenters. The highest BCUT2D eigenvalue weighted by Gasteiger charge is 2.36. The Morgan fingerprint density at radius 2 is 1.74 bits per heavy atom. The van der Waals surface area contributed by atoms with Crippen molar-refractivity contribution in [1.29, 1.82) is 0 Å². The summed E-state index contributed by atoms with van der Waals surface area (Å²) in [6.45, 7) is 8.62. The first-order chi connectivity index (χ1) is 11.0. The fourth-order valence-corrected chi connectivity index (χ4v) is 3.71. The monoisotopic (exact) mass is 324 g/mol. The molecular formula is C17H32N4O2. The molecule has 23 heavy (non-hydrogen) atoms. The van der Waals surface area contributed by atoms with Gasteiger partial charge in [0.15, 0.2) is 0 Å². The highest BCUT2D eigenvalue weighted by atomic mass is 16.2. The zero-order chi connectivity index (χ0) is 16.8. The first-order valence-corrected chi connectivity index (χ1v) is 9.09. The molecule has 2 heterocycles. The van der Waals surface area contributed by atoms with Crippen LogP contribution in [0, 0.1) is 0 Å². The predicted molar refractivity (Wildman–Crippen MR) is 91.1 cm³/mol. The number of nitrogens with two attached hydrogens (primary N) is 1. The highest BCUT2D eigenvalue weighted by Crippen LogP contribution is 2.20. The summed E-state index contributed by atoms with van der Waals surface area (Å²) in [7, 11) is 0. The Morgan fingerprint density at radius 1 is 1.09 bits per heavy atom. The van der Waals surface area contributed by atoms with Crippen molar-refractivity contribution in [2.45, 2.75) is 64.5 Å². The maximum absolute atomic E-state index is 12.9. The van der Waals surface area contributed by atoms with E-state index in [1.165, 1.54) is 30.6 Å². The van der Waals surface area contributed by atoms with Crippen LogP contribution < -0.4 is 5.73 Å². The number of amides is 3. The lowest BCUT2D eigenvalue weighted by Crippen LogP contribution is -2.52. The molecular weight excluding hydrogens is 292 g/mol. The minimum Gasteiger partial charge on any atom is -0.351 e. The summed E-state index contributed by atoms with van der Waals surface area (Å²) >= 11 is 0. The zero-order valence-electron chi connectivity index (χ0n) is 14.7. The normalized spacial score (nSPS) is 23.1. The molecule has 2 fully saturated rings. The largest absolute Gasteiger partial charge is 0.351 e. The second kappa shape index (κ2) is 8.52. The van der Waals surface area contributed by atoms with Crippen molar-refractivity contribution in [3.05, 3.63) is 0 Å². The van der Waals surface area contributed by atoms with Crippen molar-refractivity contribution >= 4 is 11.9 Å². The van der Waals surface area contributed by atoms with Crippen molar-refractivity contribution in [2.24, 2.45) is 5.73 Å². The van der Waals surface area contributed by atoms with Gasteiger partial charge < -0.3 is 20.4 Å². The molecule has 2 saturated heterocycles. The van der Waals surface area contributed by atoms with E-state index in [4.69, 9.17) is 5.73 Å². The molecule has 0 aliphatic carbocycles. The van der Waals surface area contributed by atoms with Gasteiger partial charge in [-0.05, 0) is 52.6 Å². The van der Waals surface area contributed by atoms with Crippen LogP contribution in [0.4, 0.5) is 4.79 Å². The number of hydrogen-bond acceptors (Lipinski definition) is 3. The number of nitrogens with zero attached hydrogens (tertiary/aromatic N) is 3. The molecule has 0 aromatic rings. The lowest BCUT2D eigenvalue weighted by molar-refractivity contribution is -0.137. The van der Waals surface area contributed by atoms with E-state index in [-0.39, 0.29) is 18.0 Å². The van der Waals surface area contributed by atoms with Gasteiger partial charge in [-0.2, -0.15) is 0 Å². The fraction of sp³-hybridized carbons (Fsp3) is 0.882. The van der Waals surface area contributed by atoms with E-state index in [0.29, 0.717) is 6.54 Å². The smallest absolute Gasteiger partial charge is 0.315 e. The summed E-state index contributed by atoms with van der Waals surface area (Å²) in [5.41, 5.74) is 5.42. The summed E-state index contributed by atoms with van der Waals surface area (Å²) in [4.78, 5) is 30.3. The molecule has 132 valence electrons. The van der Waals surface area contributed by atoms with E-state index in [9.17, 15) is 9.59 Å². The molecule has 6 heteroatoms. The number of primary amides is 1. The minimum atomic E-state index is -0.475. The second-order valence-electron chi connectivity index (χ2n) is 7.07. The van der Waals surface area contributed by atoms with Gasteiger partial charge in [0.2, 0.25) is 5.91 Å². The lowest BCUT2D eigenvalue weighted by atomic mass is 10.1. The molecule has 0 saturated carbocycles. The first kappa shape index (κ1) is 18.0. The van der Waals surface area contributed by atoms with Crippen LogP contribution in [0.15, 0.2) is 0 Å². The molecule has 2 rings (SSSR count). The number of hydrogen-bond donors (Lipinski definition) is 1. The summed E-state index contributed by atoms with van der Waals surface area (Å²) < 4.78 is 0. The molecule has 0 spiro atoms. The Hall–Kier alpha value is -1.30. The van der Waals surface area contributed by atoms with Gasteiger partial charge in [-0.1, -0.05) is 12.8 Å². The van der Waals surface area contributed by atoms with Gasteiger partial charge in [0.05, 0.1) is 0 Å². The Morgan fingerprint density at radius 3 is 2.30 bits per heavy atom. The van der Waals surface area contributed by atoms with Gasteiger partial charge in [-0.25, -0.2) is 4.79 Å². The molecule has 2 aliphatic heterocycles. The van der Waals surface area contributed by atoms with Gasteiger partial charge in [0.25, 0.3) is 0 Å². The Labute approximate surface area is 140 Å². The molecule has 0 aromatic heterocycles. The van der Waals surface area contributed by atoms with Crippen molar-refractivity contribution in [3.8, 4) is 0 Å². The maximum atomic E-state index is 12.9. The summed E-state index contributed by atoms with van der Waals surface area (Å²) in [6, 6.07) is -0.694. The van der Waals surface area contributed by atoms with Gasteiger partial charge in [-0.15, -0.1) is 0 Å². The van der Waals surface area contributed by atoms with E-state index in [1.54, 1.807) is 0 Å². The molecule has 3 amide bonds. The van der Waals surface area contributed by atoms with Gasteiger partial charge in [0.1, 0.15) is 6.04 Å². The standard InChI is InChI=1S/C17H32N4O2/c1-14(2)20(13-12-19-9-5-3-4-6-10-19)16(22)15-8-7-11-21(15)17(18)23/h14-15H,3-13H2,1-2H3,(H2,18,23). The first-order valence-electron chi connectivity index (χ1n) is 9.09. The average molecular weight is 324 g/mol. The van der Waals surface area contributed by atoms with Crippen LogP contribution in [0.3, 0.4) is 0 Å². The number of rotatable bonds is 5. The van der Waals surface area contributed by atoms with Crippen molar-refractivity contribution in [2.75, 3.05) is 32.7 Å². The van der Waals surface area contributed by atoms with Crippen LogP contribution in [0.5, 0.6) is 0 Å². The third-order valence-corrected chi connectivity index (χ3v) is 5.08. The summed E-state index contributed by atoms with van der Waals surface area (Å²) in [6.07, 6.45) is 6.74. The molecule has 0 bridgehead atoms. The molecule has 2 aliphatic rings. The van der Waals surface area contributed by atoms with Gasteiger partial charge >= 0.3 is 6.03 Å². The molecule has 0 aromatic carbocycles. The van der Waals surface area contributed by atoms with Crippen LogP contribution in [0.2, 0.25) is 0 Å². The second-order valence-corrected chi connectivity index (χ2v) is 7.07. The molecule has 6 nitrogen and oxygen atoms in total. The maximum Gasteiger partial charge on any atom is 0.315 e. The van der Waals surface area contributed by atoms with E-state index in [1.807, 2.05) is 18.7 Å². The lowest BCUT2D eigenvalue weighted by Gasteiger charge is -2.34. The van der Waals surface area contributed by atoms with Crippen LogP contribution in [-0.4, -0.2) is 71.4 Å². The van der Waals surface area contributed by atoms with Crippen LogP contribution in [-0.2, 0) is 4.79 Å². The Bertz CT molecular complexity index is 405. The SMILES string of the molecule is CC(C)N(CCN1CCCCCC1)C(=O)C1CCCN1C(N)=O. The Kier molecular flexibility index (Phi) is 6.69. The quantitative estimate of drug-likeness (QED) is 0.836. The van der Waals surface area contributed by atoms with E-state index in [0.717, 1.165) is 39.0 Å². The number of urea groups is 1. The molecule has 1 atom stereocenters. The Balaban J connectivity index is 1.94. The van der Waals surface area contributed by atoms with Crippen molar-refractivity contribution in [1.82, 2.24) is 14.7 Å². The van der Waals surface area contributed by atoms with Gasteiger partial charge in [-0.3, -0.25) is 4.79 Å². The minimum absolute atomic E-state index is 0.0612. The topological polar surface area (TPSA) is 69.9 Å². The van der Waals surface area contributed by atoms with E-state index in [2.05, 4.69) is 4.90 Å². The average Bonchev–Trinajstić information content (AvgIpc) is 2.85. The van der Waals surface area contributed by atoms with Crippen LogP contribution in [0.1, 0.15) is 52.4 Å². The van der Waals surface area contributed by atoms with Crippen LogP contribution in [0.25, 0.3) is 0 Å². The fourth-order valence-electron chi connectivity index (χ4n) is 3.71. The zero-order valence-corrected chi connectivity index (χ0v) is 14.7. The van der Waals surface area contributed by atoms with E-state index >= 15 is 0 Å². The number of likely N-dealkylation sites (tertiary alicyclic amines) is 2. The molecule has 0 radical (unpaired) electrons. The van der Waals surface area contributed by atoms with Gasteiger partial charge in [0, 0.05) is 25.7 Å². The summed E-state index contributed by atoms with van der Waals surface area (Å²) in [5.74, 6) is 0.0612.